The van der Waals surface area contributed by atoms with E-state index in [4.69, 9.17) is 23.2 Å². The van der Waals surface area contributed by atoms with E-state index < -0.39 is 12.2 Å². The molecule has 29 heavy (non-hydrogen) atoms. The maximum absolute atomic E-state index is 12.6. The molecular formula is C22H18Cl2F2N2O. The molecule has 3 aromatic carbocycles. The number of benzene rings is 3. The fourth-order valence-corrected chi connectivity index (χ4v) is 4.14. The Morgan fingerprint density at radius 1 is 1.00 bits per heavy atom. The molecule has 0 saturated carbocycles. The summed E-state index contributed by atoms with van der Waals surface area (Å²) in [5, 5.41) is 8.24. The molecule has 1 heterocycles. The molecule has 0 aromatic heterocycles. The van der Waals surface area contributed by atoms with Gasteiger partial charge in [0.2, 0.25) is 0 Å². The zero-order valence-corrected chi connectivity index (χ0v) is 16.8. The van der Waals surface area contributed by atoms with Crippen molar-refractivity contribution < 1.29 is 13.5 Å². The number of anilines is 2. The van der Waals surface area contributed by atoms with Crippen LogP contribution in [-0.2, 0) is 12.0 Å². The minimum absolute atomic E-state index is 0.102. The third-order valence-electron chi connectivity index (χ3n) is 4.92. The highest BCUT2D eigenvalue weighted by molar-refractivity contribution is 6.31. The van der Waals surface area contributed by atoms with Crippen molar-refractivity contribution in [3.63, 3.8) is 0 Å². The van der Waals surface area contributed by atoms with E-state index in [9.17, 15) is 8.78 Å². The monoisotopic (exact) mass is 434 g/mol. The number of hydrogen-bond acceptors (Lipinski definition) is 3. The molecule has 0 bridgehead atoms. The molecule has 0 spiro atoms. The van der Waals surface area contributed by atoms with E-state index in [-0.39, 0.29) is 5.75 Å². The Kier molecular flexibility index (Phi) is 5.52. The summed E-state index contributed by atoms with van der Waals surface area (Å²) in [4.78, 5) is 0. The highest BCUT2D eigenvalue weighted by atomic mass is 35.5. The molecule has 1 aliphatic rings. The molecule has 0 aliphatic carbocycles. The first-order valence-corrected chi connectivity index (χ1v) is 9.81. The molecular weight excluding hydrogens is 417 g/mol. The lowest BCUT2D eigenvalue weighted by atomic mass is 9.85. The summed E-state index contributed by atoms with van der Waals surface area (Å²) in [6, 6.07) is 20.0. The van der Waals surface area contributed by atoms with Crippen molar-refractivity contribution >= 4 is 34.6 Å². The summed E-state index contributed by atoms with van der Waals surface area (Å²) in [5.74, 6) is 0.102. The second-order valence-corrected chi connectivity index (χ2v) is 7.84. The first-order chi connectivity index (χ1) is 13.9. The Balaban J connectivity index is 1.72. The first kappa shape index (κ1) is 19.8. The van der Waals surface area contributed by atoms with Gasteiger partial charge in [-0.05, 0) is 42.0 Å². The lowest BCUT2D eigenvalue weighted by Gasteiger charge is -2.32. The van der Waals surface area contributed by atoms with E-state index in [1.165, 1.54) is 6.07 Å². The van der Waals surface area contributed by atoms with Crippen LogP contribution in [0.2, 0.25) is 10.0 Å². The average molecular weight is 435 g/mol. The van der Waals surface area contributed by atoms with Crippen LogP contribution in [0.25, 0.3) is 0 Å². The molecule has 4 rings (SSSR count). The van der Waals surface area contributed by atoms with Crippen LogP contribution in [0, 0.1) is 0 Å². The molecule has 0 radical (unpaired) electrons. The van der Waals surface area contributed by atoms with Crippen LogP contribution in [0.3, 0.4) is 0 Å². The van der Waals surface area contributed by atoms with Crippen LogP contribution in [0.4, 0.5) is 20.2 Å². The van der Waals surface area contributed by atoms with Crippen LogP contribution in [0.15, 0.2) is 66.7 Å². The molecule has 0 amide bonds. The SMILES string of the molecule is FC(F)Oc1cccc(NC2(Cc3cccc(Cl)c3)CNc3cc(Cl)ccc32)c1. The third-order valence-corrected chi connectivity index (χ3v) is 5.39. The van der Waals surface area contributed by atoms with E-state index in [1.54, 1.807) is 12.1 Å². The predicted molar refractivity (Wildman–Crippen MR) is 113 cm³/mol. The summed E-state index contributed by atoms with van der Waals surface area (Å²) in [6.07, 6.45) is 0.634. The largest absolute Gasteiger partial charge is 0.435 e. The minimum Gasteiger partial charge on any atom is -0.435 e. The normalized spacial score (nSPS) is 17.7. The fourth-order valence-electron chi connectivity index (χ4n) is 3.76. The second kappa shape index (κ2) is 8.09. The maximum Gasteiger partial charge on any atom is 0.387 e. The van der Waals surface area contributed by atoms with Gasteiger partial charge in [-0.1, -0.05) is 47.5 Å². The van der Waals surface area contributed by atoms with Crippen molar-refractivity contribution in [2.45, 2.75) is 18.6 Å². The van der Waals surface area contributed by atoms with Crippen LogP contribution in [-0.4, -0.2) is 13.2 Å². The van der Waals surface area contributed by atoms with Crippen molar-refractivity contribution in [3.05, 3.63) is 87.9 Å². The molecule has 1 atom stereocenters. The van der Waals surface area contributed by atoms with Crippen molar-refractivity contribution in [3.8, 4) is 5.75 Å². The Morgan fingerprint density at radius 3 is 2.59 bits per heavy atom. The number of hydrogen-bond donors (Lipinski definition) is 2. The highest BCUT2D eigenvalue weighted by Crippen LogP contribution is 2.41. The van der Waals surface area contributed by atoms with Crippen LogP contribution in [0.1, 0.15) is 11.1 Å². The highest BCUT2D eigenvalue weighted by Gasteiger charge is 2.39. The van der Waals surface area contributed by atoms with Gasteiger partial charge in [-0.3, -0.25) is 0 Å². The maximum atomic E-state index is 12.6. The molecule has 7 heteroatoms. The summed E-state index contributed by atoms with van der Waals surface area (Å²) < 4.78 is 29.8. The van der Waals surface area contributed by atoms with Crippen molar-refractivity contribution in [1.82, 2.24) is 0 Å². The summed E-state index contributed by atoms with van der Waals surface area (Å²) in [6.45, 7) is -2.28. The van der Waals surface area contributed by atoms with Gasteiger partial charge in [0.05, 0.1) is 5.54 Å². The number of nitrogens with one attached hydrogen (secondary N) is 2. The zero-order valence-electron chi connectivity index (χ0n) is 15.3. The first-order valence-electron chi connectivity index (χ1n) is 9.05. The van der Waals surface area contributed by atoms with Crippen LogP contribution < -0.4 is 15.4 Å². The third kappa shape index (κ3) is 4.41. The zero-order chi connectivity index (χ0) is 20.4. The smallest absolute Gasteiger partial charge is 0.387 e. The molecule has 3 nitrogen and oxygen atoms in total. The van der Waals surface area contributed by atoms with E-state index in [0.29, 0.717) is 28.7 Å². The molecule has 150 valence electrons. The molecule has 0 fully saturated rings. The molecule has 1 aliphatic heterocycles. The molecule has 3 aromatic rings. The van der Waals surface area contributed by atoms with Gasteiger partial charge in [0.25, 0.3) is 0 Å². The van der Waals surface area contributed by atoms with Crippen LogP contribution in [0.5, 0.6) is 5.75 Å². The van der Waals surface area contributed by atoms with E-state index >= 15 is 0 Å². The van der Waals surface area contributed by atoms with Gasteiger partial charge in [0, 0.05) is 46.0 Å². The van der Waals surface area contributed by atoms with E-state index in [0.717, 1.165) is 16.8 Å². The number of ether oxygens (including phenoxy) is 1. The fraction of sp³-hybridized carbons (Fsp3) is 0.182. The number of rotatable bonds is 6. The Hall–Kier alpha value is -2.50. The van der Waals surface area contributed by atoms with Crippen molar-refractivity contribution in [2.75, 3.05) is 17.2 Å². The molecule has 0 saturated heterocycles. The van der Waals surface area contributed by atoms with E-state index in [1.807, 2.05) is 48.5 Å². The number of halogens is 4. The van der Waals surface area contributed by atoms with Gasteiger partial charge in [0.1, 0.15) is 5.75 Å². The van der Waals surface area contributed by atoms with Gasteiger partial charge in [0.15, 0.2) is 0 Å². The summed E-state index contributed by atoms with van der Waals surface area (Å²) in [7, 11) is 0. The van der Waals surface area contributed by atoms with Gasteiger partial charge in [-0.2, -0.15) is 8.78 Å². The molecule has 1 unspecified atom stereocenters. The van der Waals surface area contributed by atoms with Gasteiger partial charge in [-0.15, -0.1) is 0 Å². The topological polar surface area (TPSA) is 33.3 Å². The van der Waals surface area contributed by atoms with Crippen LogP contribution >= 0.6 is 23.2 Å². The van der Waals surface area contributed by atoms with E-state index in [2.05, 4.69) is 15.4 Å². The number of alkyl halides is 2. The second-order valence-electron chi connectivity index (χ2n) is 6.96. The Labute approximate surface area is 177 Å². The summed E-state index contributed by atoms with van der Waals surface area (Å²) in [5.41, 5.74) is 3.19. The van der Waals surface area contributed by atoms with Gasteiger partial charge in [-0.25, -0.2) is 0 Å². The number of fused-ring (bicyclic) bond motifs is 1. The Bertz CT molecular complexity index is 1030. The predicted octanol–water partition coefficient (Wildman–Crippen LogP) is 6.57. The average Bonchev–Trinajstić information content (AvgIpc) is 2.98. The standard InChI is InChI=1S/C22H18Cl2F2N2O/c23-15-4-1-3-14(9-15)12-22(13-27-20-10-16(24)7-8-19(20)22)28-17-5-2-6-18(11-17)29-21(25)26/h1-11,21,27-28H,12-13H2. The lowest BCUT2D eigenvalue weighted by Crippen LogP contribution is -2.39. The Morgan fingerprint density at radius 2 is 1.79 bits per heavy atom. The van der Waals surface area contributed by atoms with Crippen molar-refractivity contribution in [1.29, 1.82) is 0 Å². The van der Waals surface area contributed by atoms with Crippen molar-refractivity contribution in [2.24, 2.45) is 0 Å². The molecule has 2 N–H and O–H groups in total. The van der Waals surface area contributed by atoms with Gasteiger partial charge >= 0.3 is 6.61 Å². The minimum atomic E-state index is -2.87. The lowest BCUT2D eigenvalue weighted by molar-refractivity contribution is -0.0498. The van der Waals surface area contributed by atoms with Gasteiger partial charge < -0.3 is 15.4 Å². The quantitative estimate of drug-likeness (QED) is 0.460. The summed E-state index contributed by atoms with van der Waals surface area (Å²) >= 11 is 12.3.